The van der Waals surface area contributed by atoms with Crippen LogP contribution in [0.25, 0.3) is 0 Å². The van der Waals surface area contributed by atoms with Crippen LogP contribution in [0, 0.1) is 17.3 Å². The second-order valence-corrected chi connectivity index (χ2v) is 8.92. The van der Waals surface area contributed by atoms with Gasteiger partial charge in [-0.2, -0.15) is 11.8 Å². The molecule has 0 aromatic heterocycles. The molecule has 1 N–H and O–H groups in total. The van der Waals surface area contributed by atoms with Crippen LogP contribution in [0.2, 0.25) is 0 Å². The summed E-state index contributed by atoms with van der Waals surface area (Å²) in [5, 5.41) is 10.6. The molecular weight excluding hydrogens is 268 g/mol. The Morgan fingerprint density at radius 3 is 2.40 bits per heavy atom. The van der Waals surface area contributed by atoms with Crippen LogP contribution in [-0.2, 0) is 4.79 Å². The lowest BCUT2D eigenvalue weighted by Crippen LogP contribution is -2.38. The quantitative estimate of drug-likeness (QED) is 0.778. The molecule has 0 saturated heterocycles. The highest BCUT2D eigenvalue weighted by atomic mass is 32.2. The van der Waals surface area contributed by atoms with E-state index in [4.69, 9.17) is 0 Å². The van der Waals surface area contributed by atoms with Crippen molar-refractivity contribution < 1.29 is 9.90 Å². The standard InChI is InChI=1S/C17H30O2S/c1-4-17(2,3)12-9-10-14(16(18)19)15(11-12)20-13-7-5-6-8-13/h12-15H,4-11H2,1-3H3,(H,18,19). The maximum absolute atomic E-state index is 11.6. The number of carboxylic acid groups (broad SMARTS) is 1. The molecule has 2 aliphatic carbocycles. The van der Waals surface area contributed by atoms with Gasteiger partial charge in [-0.05, 0) is 43.4 Å². The van der Waals surface area contributed by atoms with Crippen molar-refractivity contribution in [2.75, 3.05) is 0 Å². The molecule has 0 radical (unpaired) electrons. The molecule has 0 aliphatic heterocycles. The van der Waals surface area contributed by atoms with Crippen molar-refractivity contribution in [3.05, 3.63) is 0 Å². The van der Waals surface area contributed by atoms with Gasteiger partial charge in [0.25, 0.3) is 0 Å². The first-order chi connectivity index (χ1) is 9.44. The molecule has 2 saturated carbocycles. The molecule has 2 fully saturated rings. The average Bonchev–Trinajstić information content (AvgIpc) is 2.91. The van der Waals surface area contributed by atoms with Crippen LogP contribution in [0.1, 0.15) is 72.1 Å². The predicted molar refractivity (Wildman–Crippen MR) is 86.2 cm³/mol. The van der Waals surface area contributed by atoms with Crippen molar-refractivity contribution in [2.45, 2.75) is 82.6 Å². The van der Waals surface area contributed by atoms with Crippen molar-refractivity contribution >= 4 is 17.7 Å². The Bertz CT molecular complexity index is 334. The van der Waals surface area contributed by atoms with Crippen LogP contribution in [-0.4, -0.2) is 21.6 Å². The maximum Gasteiger partial charge on any atom is 0.307 e. The van der Waals surface area contributed by atoms with E-state index < -0.39 is 5.97 Å². The van der Waals surface area contributed by atoms with Gasteiger partial charge in [-0.3, -0.25) is 4.79 Å². The van der Waals surface area contributed by atoms with Gasteiger partial charge in [-0.15, -0.1) is 0 Å². The van der Waals surface area contributed by atoms with Crippen molar-refractivity contribution in [3.63, 3.8) is 0 Å². The Morgan fingerprint density at radius 2 is 1.85 bits per heavy atom. The fraction of sp³-hybridized carbons (Fsp3) is 0.941. The van der Waals surface area contributed by atoms with E-state index in [1.807, 2.05) is 11.8 Å². The van der Waals surface area contributed by atoms with E-state index in [1.165, 1.54) is 32.1 Å². The smallest absolute Gasteiger partial charge is 0.307 e. The molecule has 2 aliphatic rings. The van der Waals surface area contributed by atoms with Gasteiger partial charge in [-0.25, -0.2) is 0 Å². The summed E-state index contributed by atoms with van der Waals surface area (Å²) in [5.74, 6) is 0.0276. The lowest BCUT2D eigenvalue weighted by atomic mass is 9.67. The lowest BCUT2D eigenvalue weighted by Gasteiger charge is -2.42. The molecular formula is C17H30O2S. The van der Waals surface area contributed by atoms with Crippen molar-refractivity contribution in [1.29, 1.82) is 0 Å². The van der Waals surface area contributed by atoms with Crippen molar-refractivity contribution in [3.8, 4) is 0 Å². The third kappa shape index (κ3) is 3.72. The van der Waals surface area contributed by atoms with E-state index in [-0.39, 0.29) is 5.92 Å². The van der Waals surface area contributed by atoms with Gasteiger partial charge < -0.3 is 5.11 Å². The molecule has 3 heteroatoms. The molecule has 0 aromatic rings. The fourth-order valence-electron chi connectivity index (χ4n) is 3.83. The normalized spacial score (nSPS) is 32.5. The van der Waals surface area contributed by atoms with Gasteiger partial charge in [0.15, 0.2) is 0 Å². The third-order valence-electron chi connectivity index (χ3n) is 5.79. The van der Waals surface area contributed by atoms with Crippen LogP contribution in [0.5, 0.6) is 0 Å². The SMILES string of the molecule is CCC(C)(C)C1CCC(C(=O)O)C(SC2CCCC2)C1. The van der Waals surface area contributed by atoms with E-state index in [0.29, 0.717) is 16.6 Å². The van der Waals surface area contributed by atoms with Gasteiger partial charge in [0.1, 0.15) is 0 Å². The minimum Gasteiger partial charge on any atom is -0.481 e. The summed E-state index contributed by atoms with van der Waals surface area (Å²) in [4.78, 5) is 11.6. The highest BCUT2D eigenvalue weighted by Gasteiger charge is 2.41. The predicted octanol–water partition coefficient (Wildman–Crippen LogP) is 4.97. The van der Waals surface area contributed by atoms with Crippen molar-refractivity contribution in [2.24, 2.45) is 17.3 Å². The van der Waals surface area contributed by atoms with Crippen LogP contribution < -0.4 is 0 Å². The Morgan fingerprint density at radius 1 is 1.20 bits per heavy atom. The summed E-state index contributed by atoms with van der Waals surface area (Å²) in [7, 11) is 0. The summed E-state index contributed by atoms with van der Waals surface area (Å²) >= 11 is 2.01. The number of hydrogen-bond donors (Lipinski definition) is 1. The average molecular weight is 298 g/mol. The molecule has 3 unspecified atom stereocenters. The molecule has 0 heterocycles. The molecule has 20 heavy (non-hydrogen) atoms. The molecule has 2 rings (SSSR count). The first-order valence-corrected chi connectivity index (χ1v) is 9.26. The lowest BCUT2D eigenvalue weighted by molar-refractivity contribution is -0.143. The summed E-state index contributed by atoms with van der Waals surface area (Å²) in [6.45, 7) is 6.98. The van der Waals surface area contributed by atoms with Gasteiger partial charge in [0, 0.05) is 10.5 Å². The largest absolute Gasteiger partial charge is 0.481 e. The number of hydrogen-bond acceptors (Lipinski definition) is 2. The second kappa shape index (κ2) is 6.72. The highest BCUT2D eigenvalue weighted by Crippen LogP contribution is 2.48. The molecule has 3 atom stereocenters. The van der Waals surface area contributed by atoms with Gasteiger partial charge in [0.2, 0.25) is 0 Å². The van der Waals surface area contributed by atoms with Crippen molar-refractivity contribution in [1.82, 2.24) is 0 Å². The number of thioether (sulfide) groups is 1. The third-order valence-corrected chi connectivity index (χ3v) is 7.52. The number of aliphatic carboxylic acids is 1. The fourth-order valence-corrected chi connectivity index (χ4v) is 5.72. The number of carboxylic acids is 1. The van der Waals surface area contributed by atoms with E-state index in [9.17, 15) is 9.90 Å². The number of rotatable bonds is 5. The Balaban J connectivity index is 2.03. The highest BCUT2D eigenvalue weighted by molar-refractivity contribution is 8.00. The zero-order valence-electron chi connectivity index (χ0n) is 13.2. The summed E-state index contributed by atoms with van der Waals surface area (Å²) in [5.41, 5.74) is 0.359. The molecule has 0 amide bonds. The molecule has 116 valence electrons. The Kier molecular flexibility index (Phi) is 5.44. The maximum atomic E-state index is 11.6. The van der Waals surface area contributed by atoms with E-state index >= 15 is 0 Å². The van der Waals surface area contributed by atoms with Crippen LogP contribution in [0.4, 0.5) is 0 Å². The van der Waals surface area contributed by atoms with E-state index in [0.717, 1.165) is 24.5 Å². The summed E-state index contributed by atoms with van der Waals surface area (Å²) in [6.07, 6.45) is 9.56. The first kappa shape index (κ1) is 16.2. The van der Waals surface area contributed by atoms with Crippen LogP contribution in [0.15, 0.2) is 0 Å². The molecule has 0 aromatic carbocycles. The van der Waals surface area contributed by atoms with Crippen LogP contribution >= 0.6 is 11.8 Å². The Hall–Kier alpha value is -0.180. The zero-order valence-corrected chi connectivity index (χ0v) is 14.0. The minimum atomic E-state index is -0.562. The number of carbonyl (C=O) groups is 1. The topological polar surface area (TPSA) is 37.3 Å². The van der Waals surface area contributed by atoms with E-state index in [1.54, 1.807) is 0 Å². The first-order valence-electron chi connectivity index (χ1n) is 8.32. The van der Waals surface area contributed by atoms with Gasteiger partial charge in [0.05, 0.1) is 5.92 Å². The van der Waals surface area contributed by atoms with Gasteiger partial charge >= 0.3 is 5.97 Å². The molecule has 0 bridgehead atoms. The summed E-state index contributed by atoms with van der Waals surface area (Å²) in [6, 6.07) is 0. The zero-order chi connectivity index (χ0) is 14.8. The molecule has 2 nitrogen and oxygen atoms in total. The molecule has 0 spiro atoms. The van der Waals surface area contributed by atoms with Crippen LogP contribution in [0.3, 0.4) is 0 Å². The van der Waals surface area contributed by atoms with E-state index in [2.05, 4.69) is 20.8 Å². The monoisotopic (exact) mass is 298 g/mol. The minimum absolute atomic E-state index is 0.107. The van der Waals surface area contributed by atoms with Gasteiger partial charge in [-0.1, -0.05) is 40.0 Å². The Labute approximate surface area is 128 Å². The second-order valence-electron chi connectivity index (χ2n) is 7.38. The summed E-state index contributed by atoms with van der Waals surface area (Å²) < 4.78 is 0.